The molecule has 0 aromatic carbocycles. The minimum absolute atomic E-state index is 0.123. The van der Waals surface area contributed by atoms with Crippen molar-refractivity contribution in [1.29, 1.82) is 5.26 Å². The zero-order valence-electron chi connectivity index (χ0n) is 10.7. The number of hydrogen-bond donors (Lipinski definition) is 0. The molecule has 0 aliphatic heterocycles. The van der Waals surface area contributed by atoms with E-state index in [1.165, 1.54) is 10.6 Å². The summed E-state index contributed by atoms with van der Waals surface area (Å²) in [6.07, 6.45) is 1.64. The van der Waals surface area contributed by atoms with Crippen molar-refractivity contribution >= 4 is 11.6 Å². The number of rotatable bonds is 3. The third kappa shape index (κ3) is 2.40. The Morgan fingerprint density at radius 1 is 1.53 bits per heavy atom. The van der Waals surface area contributed by atoms with E-state index in [1.807, 2.05) is 19.9 Å². The van der Waals surface area contributed by atoms with Gasteiger partial charge >= 0.3 is 0 Å². The van der Waals surface area contributed by atoms with Crippen LogP contribution in [-0.4, -0.2) is 14.3 Å². The van der Waals surface area contributed by atoms with Crippen LogP contribution in [0.25, 0.3) is 0 Å². The maximum absolute atomic E-state index is 12.0. The SMILES string of the molecule is CCn1nc(C)c(Cl)c1Cn1cccc(C#N)c1=O. The lowest BCUT2D eigenvalue weighted by Crippen LogP contribution is -2.23. The van der Waals surface area contributed by atoms with E-state index in [-0.39, 0.29) is 11.1 Å². The first-order valence-corrected chi connectivity index (χ1v) is 6.27. The Labute approximate surface area is 115 Å². The molecule has 6 heteroatoms. The van der Waals surface area contributed by atoms with Crippen LogP contribution in [0.2, 0.25) is 5.02 Å². The minimum Gasteiger partial charge on any atom is -0.308 e. The highest BCUT2D eigenvalue weighted by atomic mass is 35.5. The fourth-order valence-corrected chi connectivity index (χ4v) is 2.12. The summed E-state index contributed by atoms with van der Waals surface area (Å²) in [6.45, 7) is 4.77. The van der Waals surface area contributed by atoms with Gasteiger partial charge in [-0.15, -0.1) is 0 Å². The fourth-order valence-electron chi connectivity index (χ4n) is 1.93. The first-order chi connectivity index (χ1) is 9.08. The predicted molar refractivity (Wildman–Crippen MR) is 72.2 cm³/mol. The molecule has 0 amide bonds. The molecule has 0 saturated heterocycles. The molecule has 5 nitrogen and oxygen atoms in total. The molecule has 0 saturated carbocycles. The molecular weight excluding hydrogens is 264 g/mol. The van der Waals surface area contributed by atoms with Gasteiger partial charge in [0.15, 0.2) is 0 Å². The van der Waals surface area contributed by atoms with E-state index >= 15 is 0 Å². The summed E-state index contributed by atoms with van der Waals surface area (Å²) in [5.41, 5.74) is 1.32. The second-order valence-electron chi connectivity index (χ2n) is 4.13. The van der Waals surface area contributed by atoms with Crippen LogP contribution in [0.1, 0.15) is 23.9 Å². The second kappa shape index (κ2) is 5.29. The van der Waals surface area contributed by atoms with Gasteiger partial charge < -0.3 is 4.57 Å². The van der Waals surface area contributed by atoms with Crippen molar-refractivity contribution in [3.8, 4) is 6.07 Å². The monoisotopic (exact) mass is 276 g/mol. The van der Waals surface area contributed by atoms with E-state index in [4.69, 9.17) is 16.9 Å². The van der Waals surface area contributed by atoms with Crippen LogP contribution < -0.4 is 5.56 Å². The number of nitriles is 1. The molecule has 0 N–H and O–H groups in total. The van der Waals surface area contributed by atoms with Gasteiger partial charge in [-0.1, -0.05) is 11.6 Å². The Bertz CT molecular complexity index is 708. The van der Waals surface area contributed by atoms with Crippen molar-refractivity contribution in [2.75, 3.05) is 0 Å². The average Bonchev–Trinajstić information content (AvgIpc) is 2.68. The standard InChI is InChI=1S/C13H13ClN4O/c1-3-18-11(12(14)9(2)16-18)8-17-6-4-5-10(7-15)13(17)19/h4-6H,3,8H2,1-2H3. The molecule has 0 radical (unpaired) electrons. The smallest absolute Gasteiger partial charge is 0.268 e. The van der Waals surface area contributed by atoms with E-state index in [0.717, 1.165) is 11.4 Å². The van der Waals surface area contributed by atoms with Crippen molar-refractivity contribution in [3.63, 3.8) is 0 Å². The van der Waals surface area contributed by atoms with Gasteiger partial charge in [-0.05, 0) is 26.0 Å². The highest BCUT2D eigenvalue weighted by molar-refractivity contribution is 6.31. The highest BCUT2D eigenvalue weighted by Crippen LogP contribution is 2.20. The molecular formula is C13H13ClN4O. The molecule has 0 aliphatic carbocycles. The number of halogens is 1. The van der Waals surface area contributed by atoms with E-state index < -0.39 is 0 Å². The molecule has 98 valence electrons. The van der Waals surface area contributed by atoms with E-state index in [1.54, 1.807) is 16.9 Å². The molecule has 0 atom stereocenters. The second-order valence-corrected chi connectivity index (χ2v) is 4.51. The molecule has 0 bridgehead atoms. The minimum atomic E-state index is -0.317. The van der Waals surface area contributed by atoms with E-state index in [0.29, 0.717) is 18.1 Å². The Morgan fingerprint density at radius 3 is 2.89 bits per heavy atom. The third-order valence-corrected chi connectivity index (χ3v) is 3.41. The largest absolute Gasteiger partial charge is 0.308 e. The van der Waals surface area contributed by atoms with E-state index in [9.17, 15) is 4.79 Å². The fraction of sp³-hybridized carbons (Fsp3) is 0.308. The summed E-state index contributed by atoms with van der Waals surface area (Å²) in [6, 6.07) is 5.06. The Kier molecular flexibility index (Phi) is 3.72. The van der Waals surface area contributed by atoms with E-state index in [2.05, 4.69) is 5.10 Å². The normalized spacial score (nSPS) is 10.4. The summed E-state index contributed by atoms with van der Waals surface area (Å²) >= 11 is 6.20. The summed E-state index contributed by atoms with van der Waals surface area (Å²) < 4.78 is 3.23. The zero-order chi connectivity index (χ0) is 14.0. The zero-order valence-corrected chi connectivity index (χ0v) is 11.5. The Hall–Kier alpha value is -2.06. The number of aromatic nitrogens is 3. The molecule has 0 unspecified atom stereocenters. The van der Waals surface area contributed by atoms with Crippen LogP contribution in [0.4, 0.5) is 0 Å². The quantitative estimate of drug-likeness (QED) is 0.861. The molecule has 19 heavy (non-hydrogen) atoms. The van der Waals surface area contributed by atoms with Gasteiger partial charge in [0.25, 0.3) is 5.56 Å². The third-order valence-electron chi connectivity index (χ3n) is 2.91. The molecule has 0 spiro atoms. The van der Waals surface area contributed by atoms with Gasteiger partial charge in [-0.3, -0.25) is 9.48 Å². The van der Waals surface area contributed by atoms with Gasteiger partial charge in [0, 0.05) is 12.7 Å². The maximum atomic E-state index is 12.0. The summed E-state index contributed by atoms with van der Waals surface area (Å²) in [7, 11) is 0. The number of hydrogen-bond acceptors (Lipinski definition) is 3. The predicted octanol–water partition coefficient (Wildman–Crippen LogP) is 1.95. The molecule has 2 heterocycles. The van der Waals surface area contributed by atoms with Crippen LogP contribution in [-0.2, 0) is 13.1 Å². The first kappa shape index (κ1) is 13.4. The van der Waals surface area contributed by atoms with Crippen molar-refractivity contribution in [2.45, 2.75) is 26.9 Å². The van der Waals surface area contributed by atoms with Gasteiger partial charge in [0.2, 0.25) is 0 Å². The van der Waals surface area contributed by atoms with Crippen molar-refractivity contribution in [1.82, 2.24) is 14.3 Å². The summed E-state index contributed by atoms with van der Waals surface area (Å²) in [4.78, 5) is 12.0. The van der Waals surface area contributed by atoms with Crippen molar-refractivity contribution in [2.24, 2.45) is 0 Å². The lowest BCUT2D eigenvalue weighted by molar-refractivity contribution is 0.591. The number of pyridine rings is 1. The lowest BCUT2D eigenvalue weighted by Gasteiger charge is -2.08. The van der Waals surface area contributed by atoms with Crippen LogP contribution in [0.15, 0.2) is 23.1 Å². The number of aryl methyl sites for hydroxylation is 2. The van der Waals surface area contributed by atoms with Gasteiger partial charge in [-0.25, -0.2) is 0 Å². The molecule has 0 aliphatic rings. The van der Waals surface area contributed by atoms with Gasteiger partial charge in [0.05, 0.1) is 23.0 Å². The summed E-state index contributed by atoms with van der Waals surface area (Å²) in [5, 5.41) is 13.7. The van der Waals surface area contributed by atoms with Gasteiger partial charge in [0.1, 0.15) is 11.6 Å². The lowest BCUT2D eigenvalue weighted by atomic mass is 10.3. The average molecular weight is 277 g/mol. The molecule has 0 fully saturated rings. The maximum Gasteiger partial charge on any atom is 0.268 e. The first-order valence-electron chi connectivity index (χ1n) is 5.89. The Morgan fingerprint density at radius 2 is 2.26 bits per heavy atom. The number of nitrogens with zero attached hydrogens (tertiary/aromatic N) is 4. The molecule has 2 rings (SSSR count). The highest BCUT2D eigenvalue weighted by Gasteiger charge is 2.14. The van der Waals surface area contributed by atoms with Crippen molar-refractivity contribution in [3.05, 3.63) is 50.7 Å². The molecule has 2 aromatic heterocycles. The van der Waals surface area contributed by atoms with Crippen LogP contribution in [0, 0.1) is 18.3 Å². The van der Waals surface area contributed by atoms with Crippen LogP contribution in [0.3, 0.4) is 0 Å². The Balaban J connectivity index is 2.48. The molecule has 2 aromatic rings. The van der Waals surface area contributed by atoms with Crippen LogP contribution in [0.5, 0.6) is 0 Å². The van der Waals surface area contributed by atoms with Crippen LogP contribution >= 0.6 is 11.6 Å². The topological polar surface area (TPSA) is 63.6 Å². The van der Waals surface area contributed by atoms with Gasteiger partial charge in [-0.2, -0.15) is 10.4 Å². The van der Waals surface area contributed by atoms with Crippen molar-refractivity contribution < 1.29 is 0 Å². The summed E-state index contributed by atoms with van der Waals surface area (Å²) in [5.74, 6) is 0.